The Labute approximate surface area is 163 Å². The van der Waals surface area contributed by atoms with Crippen LogP contribution in [0, 0.1) is 0 Å². The lowest BCUT2D eigenvalue weighted by atomic mass is 10.0. The molecule has 0 aromatic heterocycles. The number of benzene rings is 2. The minimum atomic E-state index is -3.86. The molecule has 2 aromatic carbocycles. The molecule has 7 nitrogen and oxygen atoms in total. The third kappa shape index (κ3) is 3.44. The van der Waals surface area contributed by atoms with E-state index in [-0.39, 0.29) is 32.6 Å². The molecule has 28 heavy (non-hydrogen) atoms. The van der Waals surface area contributed by atoms with Crippen LogP contribution >= 0.6 is 0 Å². The summed E-state index contributed by atoms with van der Waals surface area (Å²) in [4.78, 5) is 17.1. The zero-order valence-corrected chi connectivity index (χ0v) is 16.3. The van der Waals surface area contributed by atoms with Crippen molar-refractivity contribution in [2.75, 3.05) is 32.1 Å². The molecule has 0 aliphatic carbocycles. The van der Waals surface area contributed by atoms with E-state index < -0.39 is 9.84 Å². The lowest BCUT2D eigenvalue weighted by Gasteiger charge is -2.20. The summed E-state index contributed by atoms with van der Waals surface area (Å²) in [6.07, 6.45) is 1.68. The normalized spacial score (nSPS) is 14.8. The Bertz CT molecular complexity index is 1070. The molecule has 3 N–H and O–H groups in total. The van der Waals surface area contributed by atoms with Gasteiger partial charge in [-0.05, 0) is 36.4 Å². The quantitative estimate of drug-likeness (QED) is 0.373. The monoisotopic (exact) mass is 399 g/mol. The summed E-state index contributed by atoms with van der Waals surface area (Å²) in [5.74, 6) is -0.0721. The molecule has 0 unspecified atom stereocenters. The molecule has 1 aliphatic heterocycles. The van der Waals surface area contributed by atoms with E-state index in [1.807, 2.05) is 0 Å². The van der Waals surface area contributed by atoms with E-state index in [4.69, 9.17) is 10.5 Å². The van der Waals surface area contributed by atoms with Gasteiger partial charge in [-0.3, -0.25) is 4.79 Å². The lowest BCUT2D eigenvalue weighted by Crippen LogP contribution is -2.21. The van der Waals surface area contributed by atoms with Crippen molar-refractivity contribution in [2.45, 2.75) is 9.79 Å². The third-order valence-corrected chi connectivity index (χ3v) is 6.16. The average molecular weight is 399 g/mol. The largest absolute Gasteiger partial charge is 0.481 e. The Morgan fingerprint density at radius 3 is 2.68 bits per heavy atom. The summed E-state index contributed by atoms with van der Waals surface area (Å²) < 4.78 is 31.6. The van der Waals surface area contributed by atoms with Crippen molar-refractivity contribution < 1.29 is 17.9 Å². The van der Waals surface area contributed by atoms with Crippen LogP contribution in [-0.2, 0) is 14.6 Å². The highest BCUT2D eigenvalue weighted by atomic mass is 32.2. The van der Waals surface area contributed by atoms with E-state index in [1.54, 1.807) is 24.3 Å². The molecule has 1 aliphatic rings. The highest BCUT2D eigenvalue weighted by Gasteiger charge is 2.35. The number of carbonyl (C=O) groups excluding carboxylic acids is 1. The van der Waals surface area contributed by atoms with Crippen molar-refractivity contribution in [3.05, 3.63) is 65.7 Å². The second kappa shape index (κ2) is 7.95. The van der Waals surface area contributed by atoms with Crippen molar-refractivity contribution in [3.8, 4) is 0 Å². The maximum Gasteiger partial charge on any atom is 0.215 e. The number of nitrogens with two attached hydrogens (primary N) is 1. The topological polar surface area (TPSA) is 111 Å². The molecule has 0 spiro atoms. The number of rotatable bonds is 6. The number of aliphatic imine (C=N–C) groups is 1. The second-order valence-electron chi connectivity index (χ2n) is 6.10. The summed E-state index contributed by atoms with van der Waals surface area (Å²) in [5.41, 5.74) is 6.87. The van der Waals surface area contributed by atoms with Gasteiger partial charge in [-0.25, -0.2) is 13.4 Å². The van der Waals surface area contributed by atoms with Gasteiger partial charge in [-0.15, -0.1) is 6.58 Å². The van der Waals surface area contributed by atoms with Gasteiger partial charge in [0.05, 0.1) is 23.4 Å². The van der Waals surface area contributed by atoms with Gasteiger partial charge < -0.3 is 15.8 Å². The SMILES string of the molecule is C=CCNc1ccc2c(c1)C(=O)c1ccc(C(=NCCN)OC)cc1S2(=O)=O. The van der Waals surface area contributed by atoms with Gasteiger partial charge in [0.15, 0.2) is 5.78 Å². The van der Waals surface area contributed by atoms with Crippen LogP contribution in [0.2, 0.25) is 0 Å². The first-order chi connectivity index (χ1) is 13.4. The van der Waals surface area contributed by atoms with Gasteiger partial charge in [0.2, 0.25) is 15.7 Å². The van der Waals surface area contributed by atoms with Gasteiger partial charge in [0.1, 0.15) is 0 Å². The molecular formula is C20H21N3O4S. The number of nitrogens with zero attached hydrogens (tertiary/aromatic N) is 1. The Hall–Kier alpha value is -2.97. The van der Waals surface area contributed by atoms with Crippen molar-refractivity contribution >= 4 is 27.2 Å². The fourth-order valence-electron chi connectivity index (χ4n) is 3.01. The number of methoxy groups -OCH3 is 1. The summed E-state index contributed by atoms with van der Waals surface area (Å²) in [7, 11) is -2.41. The van der Waals surface area contributed by atoms with E-state index in [1.165, 1.54) is 25.3 Å². The molecular weight excluding hydrogens is 378 g/mol. The van der Waals surface area contributed by atoms with Crippen molar-refractivity contribution in [2.24, 2.45) is 10.7 Å². The number of ketones is 1. The summed E-state index contributed by atoms with van der Waals surface area (Å²) in [6.45, 7) is 4.81. The highest BCUT2D eigenvalue weighted by molar-refractivity contribution is 7.91. The molecule has 146 valence electrons. The first kappa shape index (κ1) is 19.8. The minimum absolute atomic E-state index is 0.0100. The van der Waals surface area contributed by atoms with Crippen LogP contribution in [-0.4, -0.2) is 46.8 Å². The van der Waals surface area contributed by atoms with Gasteiger partial charge in [-0.2, -0.15) is 0 Å². The van der Waals surface area contributed by atoms with Gasteiger partial charge in [0, 0.05) is 35.5 Å². The van der Waals surface area contributed by atoms with Crippen molar-refractivity contribution in [1.82, 2.24) is 0 Å². The summed E-state index contributed by atoms with van der Waals surface area (Å²) in [5, 5.41) is 3.06. The molecule has 0 saturated carbocycles. The first-order valence-corrected chi connectivity index (χ1v) is 10.1. The van der Waals surface area contributed by atoms with E-state index in [9.17, 15) is 13.2 Å². The van der Waals surface area contributed by atoms with Crippen molar-refractivity contribution in [3.63, 3.8) is 0 Å². The van der Waals surface area contributed by atoms with Crippen LogP contribution in [0.15, 0.2) is 63.8 Å². The lowest BCUT2D eigenvalue weighted by molar-refractivity contribution is 0.103. The summed E-state index contributed by atoms with van der Waals surface area (Å²) >= 11 is 0. The molecule has 0 fully saturated rings. The van der Waals surface area contributed by atoms with Crippen LogP contribution in [0.25, 0.3) is 0 Å². The zero-order valence-electron chi connectivity index (χ0n) is 15.4. The van der Waals surface area contributed by atoms with Gasteiger partial charge >= 0.3 is 0 Å². The first-order valence-electron chi connectivity index (χ1n) is 8.65. The standard InChI is InChI=1S/C20H21N3O4S/c1-3-9-22-14-5-7-17-16(12-14)19(24)15-6-4-13(11-18(15)28(17,25)26)20(27-2)23-10-8-21/h3-7,11-12,22H,1,8-10,21H2,2H3. The number of fused-ring (bicyclic) bond motifs is 2. The van der Waals surface area contributed by atoms with E-state index >= 15 is 0 Å². The smallest absolute Gasteiger partial charge is 0.215 e. The average Bonchev–Trinajstić information content (AvgIpc) is 2.71. The maximum absolute atomic E-state index is 13.2. The molecule has 0 atom stereocenters. The van der Waals surface area contributed by atoms with E-state index in [0.29, 0.717) is 30.9 Å². The van der Waals surface area contributed by atoms with Gasteiger partial charge in [-0.1, -0.05) is 6.08 Å². The van der Waals surface area contributed by atoms with Gasteiger partial charge in [0.25, 0.3) is 0 Å². The molecule has 0 bridgehead atoms. The Kier molecular flexibility index (Phi) is 5.62. The van der Waals surface area contributed by atoms with E-state index in [2.05, 4.69) is 16.9 Å². The minimum Gasteiger partial charge on any atom is -0.481 e. The predicted molar refractivity (Wildman–Crippen MR) is 108 cm³/mol. The fourth-order valence-corrected chi connectivity index (χ4v) is 4.67. The molecule has 0 radical (unpaired) electrons. The highest BCUT2D eigenvalue weighted by Crippen LogP contribution is 2.36. The number of anilines is 1. The molecule has 0 saturated heterocycles. The number of hydrogen-bond acceptors (Lipinski definition) is 7. The van der Waals surface area contributed by atoms with Crippen LogP contribution in [0.5, 0.6) is 0 Å². The number of nitrogens with one attached hydrogen (secondary N) is 1. The Balaban J connectivity index is 2.12. The predicted octanol–water partition coefficient (Wildman–Crippen LogP) is 2.01. The van der Waals surface area contributed by atoms with Crippen LogP contribution in [0.4, 0.5) is 5.69 Å². The second-order valence-corrected chi connectivity index (χ2v) is 7.99. The molecule has 2 aromatic rings. The Morgan fingerprint density at radius 1 is 1.21 bits per heavy atom. The number of carbonyl (C=O) groups is 1. The van der Waals surface area contributed by atoms with Crippen LogP contribution in [0.3, 0.4) is 0 Å². The zero-order chi connectivity index (χ0) is 20.3. The fraction of sp³-hybridized carbons (Fsp3) is 0.200. The number of sulfone groups is 1. The maximum atomic E-state index is 13.2. The molecule has 3 rings (SSSR count). The molecule has 1 heterocycles. The third-order valence-electron chi connectivity index (χ3n) is 4.30. The summed E-state index contributed by atoms with van der Waals surface area (Å²) in [6, 6.07) is 9.17. The van der Waals surface area contributed by atoms with Crippen molar-refractivity contribution in [1.29, 1.82) is 0 Å². The Morgan fingerprint density at radius 2 is 2.00 bits per heavy atom. The number of hydrogen-bond donors (Lipinski definition) is 2. The van der Waals surface area contributed by atoms with Crippen LogP contribution < -0.4 is 11.1 Å². The number of ether oxygens (including phenoxy) is 1. The van der Waals surface area contributed by atoms with E-state index in [0.717, 1.165) is 0 Å². The van der Waals surface area contributed by atoms with Crippen LogP contribution in [0.1, 0.15) is 21.5 Å². The molecule has 8 heteroatoms. The molecule has 0 amide bonds.